The molecule has 2 fully saturated rings. The van der Waals surface area contributed by atoms with Crippen LogP contribution < -0.4 is 9.46 Å². The van der Waals surface area contributed by atoms with E-state index in [-0.39, 0.29) is 40.3 Å². The maximum absolute atomic E-state index is 14.4. The molecule has 11 heteroatoms. The molecule has 35 heavy (non-hydrogen) atoms. The van der Waals surface area contributed by atoms with Crippen molar-refractivity contribution in [3.63, 3.8) is 0 Å². The molecule has 0 amide bonds. The van der Waals surface area contributed by atoms with Crippen molar-refractivity contribution in [3.8, 4) is 17.0 Å². The number of allylic oxidation sites excluding steroid dienone is 1. The molecule has 1 aromatic carbocycles. The van der Waals surface area contributed by atoms with Crippen molar-refractivity contribution < 1.29 is 22.3 Å². The monoisotopic (exact) mass is 518 g/mol. The number of benzene rings is 1. The van der Waals surface area contributed by atoms with Crippen molar-refractivity contribution in [3.05, 3.63) is 52.6 Å². The van der Waals surface area contributed by atoms with Gasteiger partial charge >= 0.3 is 0 Å². The zero-order valence-electron chi connectivity index (χ0n) is 19.0. The summed E-state index contributed by atoms with van der Waals surface area (Å²) in [6, 6.07) is 7.72. The lowest BCUT2D eigenvalue weighted by Crippen LogP contribution is -2.28. The maximum Gasteiger partial charge on any atom is 0.240 e. The summed E-state index contributed by atoms with van der Waals surface area (Å²) in [5.41, 5.74) is 2.48. The van der Waals surface area contributed by atoms with Gasteiger partial charge in [0, 0.05) is 37.4 Å². The predicted molar refractivity (Wildman–Crippen MR) is 130 cm³/mol. The first-order chi connectivity index (χ1) is 16.7. The van der Waals surface area contributed by atoms with Crippen LogP contribution in [0.1, 0.15) is 24.8 Å². The Morgan fingerprint density at radius 2 is 2.00 bits per heavy atom. The lowest BCUT2D eigenvalue weighted by Gasteiger charge is -2.22. The van der Waals surface area contributed by atoms with E-state index in [1.807, 2.05) is 4.90 Å². The Morgan fingerprint density at radius 3 is 2.74 bits per heavy atom. The molecule has 1 saturated carbocycles. The molecule has 3 heterocycles. The summed E-state index contributed by atoms with van der Waals surface area (Å²) in [6.07, 6.45) is 3.66. The number of rotatable bonds is 7. The fourth-order valence-corrected chi connectivity index (χ4v) is 5.84. The van der Waals surface area contributed by atoms with Crippen molar-refractivity contribution in [2.75, 3.05) is 19.6 Å². The van der Waals surface area contributed by atoms with E-state index >= 15 is 0 Å². The minimum absolute atomic E-state index is 0.0127. The second-order valence-electron chi connectivity index (χ2n) is 8.96. The number of aliphatic imine (C=N–C) groups is 1. The second kappa shape index (κ2) is 9.33. The minimum atomic E-state index is -3.58. The lowest BCUT2D eigenvalue weighted by atomic mass is 10.0. The molecule has 1 atom stereocenters. The average molecular weight is 519 g/mol. The third-order valence-electron chi connectivity index (χ3n) is 6.18. The summed E-state index contributed by atoms with van der Waals surface area (Å²) in [5, 5.41) is 0.167. The maximum atomic E-state index is 14.4. The van der Waals surface area contributed by atoms with Crippen molar-refractivity contribution in [2.24, 2.45) is 4.99 Å². The molecule has 2 aromatic rings. The standard InChI is InChI=1S/C24H24ClFN4O4S/c1-14-8-18(35(32,33)29-16-2-3-16)4-5-19(14)15-9-22(26)28-23(10-15)34-17-6-7-30(13-17)20-11-27-12-21(31)24(20)25/h4-5,8-11,16-17,29H,2-3,6-7,12-13H2,1H3/t17-/m1/s1. The van der Waals surface area contributed by atoms with Crippen LogP contribution in [0.4, 0.5) is 4.39 Å². The number of hydrogen-bond donors (Lipinski definition) is 1. The number of Topliss-reactive ketones (excluding diaryl/α,β-unsaturated/α-hetero) is 1. The number of aryl methyl sites for hydroxylation is 1. The number of likely N-dealkylation sites (tertiary alicyclic amines) is 1. The van der Waals surface area contributed by atoms with Crippen molar-refractivity contribution >= 4 is 33.6 Å². The molecule has 0 bridgehead atoms. The van der Waals surface area contributed by atoms with Crippen LogP contribution in [0.5, 0.6) is 5.88 Å². The summed E-state index contributed by atoms with van der Waals surface area (Å²) in [5.74, 6) is -0.788. The van der Waals surface area contributed by atoms with E-state index in [1.165, 1.54) is 12.1 Å². The number of aromatic nitrogens is 1. The highest BCUT2D eigenvalue weighted by Crippen LogP contribution is 2.31. The summed E-state index contributed by atoms with van der Waals surface area (Å²) in [6.45, 7) is 2.90. The van der Waals surface area contributed by atoms with Gasteiger partial charge in [0.05, 0.1) is 17.1 Å². The molecule has 1 aromatic heterocycles. The van der Waals surface area contributed by atoms with E-state index in [0.29, 0.717) is 41.9 Å². The number of sulfonamides is 1. The van der Waals surface area contributed by atoms with Crippen molar-refractivity contribution in [2.45, 2.75) is 43.2 Å². The highest BCUT2D eigenvalue weighted by molar-refractivity contribution is 7.89. The van der Waals surface area contributed by atoms with Crippen LogP contribution in [0.25, 0.3) is 11.1 Å². The van der Waals surface area contributed by atoms with Crippen molar-refractivity contribution in [1.82, 2.24) is 14.6 Å². The molecule has 1 N–H and O–H groups in total. The highest BCUT2D eigenvalue weighted by atomic mass is 35.5. The Morgan fingerprint density at radius 1 is 1.20 bits per heavy atom. The number of dihydropyridines is 1. The molecule has 1 aliphatic carbocycles. The van der Waals surface area contributed by atoms with Crippen LogP contribution >= 0.6 is 11.6 Å². The average Bonchev–Trinajstić information content (AvgIpc) is 3.49. The minimum Gasteiger partial charge on any atom is -0.472 e. The van der Waals surface area contributed by atoms with Crippen LogP contribution in [0, 0.1) is 12.9 Å². The second-order valence-corrected chi connectivity index (χ2v) is 11.0. The Balaban J connectivity index is 1.33. The van der Waals surface area contributed by atoms with E-state index < -0.39 is 16.0 Å². The van der Waals surface area contributed by atoms with Crippen LogP contribution in [0.15, 0.2) is 50.9 Å². The van der Waals surface area contributed by atoms with Gasteiger partial charge < -0.3 is 9.64 Å². The van der Waals surface area contributed by atoms with E-state index in [4.69, 9.17) is 16.3 Å². The zero-order chi connectivity index (χ0) is 24.7. The quantitative estimate of drug-likeness (QED) is 0.565. The summed E-state index contributed by atoms with van der Waals surface area (Å²) in [4.78, 5) is 21.9. The number of nitrogens with one attached hydrogen (secondary N) is 1. The molecular weight excluding hydrogens is 495 g/mol. The molecule has 0 unspecified atom stereocenters. The zero-order valence-corrected chi connectivity index (χ0v) is 20.6. The smallest absolute Gasteiger partial charge is 0.240 e. The number of carbonyl (C=O) groups excluding carboxylic acids is 1. The SMILES string of the molecule is Cc1cc(S(=O)(=O)NC2CC2)ccc1-c1cc(F)nc(O[C@@H]2CCN(C3=C(Cl)C(=O)CN=C3)C2)c1. The summed E-state index contributed by atoms with van der Waals surface area (Å²) < 4.78 is 48.1. The molecule has 3 aliphatic rings. The van der Waals surface area contributed by atoms with Gasteiger partial charge in [-0.25, -0.2) is 13.1 Å². The first kappa shape index (κ1) is 23.9. The Kier molecular flexibility index (Phi) is 6.37. The molecule has 1 saturated heterocycles. The van der Waals surface area contributed by atoms with Gasteiger partial charge in [0.15, 0.2) is 5.78 Å². The molecule has 0 radical (unpaired) electrons. The van der Waals surface area contributed by atoms with E-state index in [0.717, 1.165) is 12.8 Å². The third kappa shape index (κ3) is 5.24. The van der Waals surface area contributed by atoms with E-state index in [9.17, 15) is 17.6 Å². The fourth-order valence-electron chi connectivity index (χ4n) is 4.22. The van der Waals surface area contributed by atoms with Gasteiger partial charge in [0.25, 0.3) is 0 Å². The van der Waals surface area contributed by atoms with Crippen LogP contribution in [0.3, 0.4) is 0 Å². The predicted octanol–water partition coefficient (Wildman–Crippen LogP) is 3.19. The Labute approximate surface area is 207 Å². The normalized spacial score (nSPS) is 20.6. The van der Waals surface area contributed by atoms with Gasteiger partial charge in [0.2, 0.25) is 21.9 Å². The molecular formula is C24H24ClFN4O4S. The van der Waals surface area contributed by atoms with Gasteiger partial charge in [0.1, 0.15) is 17.7 Å². The Bertz CT molecular complexity index is 1360. The van der Waals surface area contributed by atoms with Gasteiger partial charge in [-0.2, -0.15) is 9.37 Å². The molecule has 2 aliphatic heterocycles. The van der Waals surface area contributed by atoms with Crippen LogP contribution in [0.2, 0.25) is 0 Å². The number of halogens is 2. The fraction of sp³-hybridized carbons (Fsp3) is 0.375. The van der Waals surface area contributed by atoms with E-state index in [2.05, 4.69) is 14.7 Å². The van der Waals surface area contributed by atoms with Gasteiger partial charge in [-0.3, -0.25) is 9.79 Å². The summed E-state index contributed by atoms with van der Waals surface area (Å²) >= 11 is 6.17. The number of pyridine rings is 1. The number of nitrogens with zero attached hydrogens (tertiary/aromatic N) is 3. The molecule has 0 spiro atoms. The first-order valence-electron chi connectivity index (χ1n) is 11.3. The number of hydrogen-bond acceptors (Lipinski definition) is 7. The molecule has 184 valence electrons. The largest absolute Gasteiger partial charge is 0.472 e. The van der Waals surface area contributed by atoms with Crippen LogP contribution in [-0.2, 0) is 14.8 Å². The molecule has 8 nitrogen and oxygen atoms in total. The van der Waals surface area contributed by atoms with Gasteiger partial charge in [-0.05, 0) is 48.6 Å². The molecule has 5 rings (SSSR count). The first-order valence-corrected chi connectivity index (χ1v) is 13.2. The third-order valence-corrected chi connectivity index (χ3v) is 8.10. The van der Waals surface area contributed by atoms with Gasteiger partial charge in [-0.15, -0.1) is 0 Å². The summed E-state index contributed by atoms with van der Waals surface area (Å²) in [7, 11) is -3.58. The number of ether oxygens (including phenoxy) is 1. The number of carbonyl (C=O) groups is 1. The topological polar surface area (TPSA) is 101 Å². The van der Waals surface area contributed by atoms with Crippen LogP contribution in [-0.4, -0.2) is 62.1 Å². The Hall–Kier alpha value is -2.82. The van der Waals surface area contributed by atoms with Gasteiger partial charge in [-0.1, -0.05) is 17.7 Å². The van der Waals surface area contributed by atoms with E-state index in [1.54, 1.807) is 31.3 Å². The van der Waals surface area contributed by atoms with Crippen molar-refractivity contribution in [1.29, 1.82) is 0 Å². The lowest BCUT2D eigenvalue weighted by molar-refractivity contribution is -0.113. The number of ketones is 1. The highest BCUT2D eigenvalue weighted by Gasteiger charge is 2.30.